The summed E-state index contributed by atoms with van der Waals surface area (Å²) in [5, 5.41) is 21.0. The minimum absolute atomic E-state index is 0. The fraction of sp³-hybridized carbons (Fsp3) is 0.375. The van der Waals surface area contributed by atoms with Gasteiger partial charge in [-0.2, -0.15) is 10.5 Å². The quantitative estimate of drug-likeness (QED) is 0.700. The Morgan fingerprint density at radius 1 is 1.06 bits per heavy atom. The molecule has 1 saturated heterocycles. The molecular formula is C24H25ClN4O2. The fourth-order valence-corrected chi connectivity index (χ4v) is 4.36. The molecule has 1 amide bonds. The first kappa shape index (κ1) is 22.6. The molecule has 0 aromatic heterocycles. The number of amides is 1. The zero-order valence-electron chi connectivity index (χ0n) is 17.2. The van der Waals surface area contributed by atoms with E-state index in [1.165, 1.54) is 5.56 Å². The van der Waals surface area contributed by atoms with Crippen LogP contribution in [0.5, 0.6) is 5.75 Å². The molecule has 0 aliphatic carbocycles. The SMILES string of the molecule is Cl.N#Cc1ccc(C(=O)NCCCCN2CC3COc4ccc(C#N)cc4C3C2)cc1. The number of nitrogens with one attached hydrogen (secondary N) is 1. The summed E-state index contributed by atoms with van der Waals surface area (Å²) >= 11 is 0. The molecule has 2 aromatic carbocycles. The smallest absolute Gasteiger partial charge is 0.251 e. The molecule has 0 spiro atoms. The number of nitrogens with zero attached hydrogens (tertiary/aromatic N) is 3. The van der Waals surface area contributed by atoms with Gasteiger partial charge in [0, 0.05) is 42.6 Å². The Balaban J connectivity index is 0.00000272. The van der Waals surface area contributed by atoms with Gasteiger partial charge in [0.2, 0.25) is 0 Å². The number of ether oxygens (including phenoxy) is 1. The molecule has 6 nitrogen and oxygen atoms in total. The van der Waals surface area contributed by atoms with Gasteiger partial charge in [0.25, 0.3) is 5.91 Å². The summed E-state index contributed by atoms with van der Waals surface area (Å²) in [5.41, 5.74) is 2.99. The van der Waals surface area contributed by atoms with E-state index >= 15 is 0 Å². The Bertz CT molecular complexity index is 1010. The van der Waals surface area contributed by atoms with E-state index in [0.29, 0.717) is 35.1 Å². The zero-order valence-corrected chi connectivity index (χ0v) is 18.0. The van der Waals surface area contributed by atoms with Gasteiger partial charge < -0.3 is 15.0 Å². The Morgan fingerprint density at radius 2 is 1.81 bits per heavy atom. The highest BCUT2D eigenvalue weighted by molar-refractivity contribution is 5.94. The van der Waals surface area contributed by atoms with E-state index in [9.17, 15) is 10.1 Å². The molecule has 2 aliphatic rings. The molecule has 2 aromatic rings. The van der Waals surface area contributed by atoms with E-state index in [1.807, 2.05) is 18.2 Å². The number of hydrogen-bond acceptors (Lipinski definition) is 5. The number of fused-ring (bicyclic) bond motifs is 3. The lowest BCUT2D eigenvalue weighted by atomic mass is 9.86. The van der Waals surface area contributed by atoms with Crippen molar-refractivity contribution in [3.8, 4) is 17.9 Å². The van der Waals surface area contributed by atoms with Crippen LogP contribution >= 0.6 is 12.4 Å². The van der Waals surface area contributed by atoms with E-state index in [4.69, 9.17) is 10.00 Å². The number of halogens is 1. The van der Waals surface area contributed by atoms with Crippen LogP contribution < -0.4 is 10.1 Å². The molecule has 2 atom stereocenters. The molecule has 2 heterocycles. The summed E-state index contributed by atoms with van der Waals surface area (Å²) in [7, 11) is 0. The Hall–Kier alpha value is -3.06. The molecular weight excluding hydrogens is 412 g/mol. The number of hydrogen-bond donors (Lipinski definition) is 1. The highest BCUT2D eigenvalue weighted by atomic mass is 35.5. The fourth-order valence-electron chi connectivity index (χ4n) is 4.36. The van der Waals surface area contributed by atoms with Crippen molar-refractivity contribution in [1.29, 1.82) is 10.5 Å². The molecule has 31 heavy (non-hydrogen) atoms. The minimum atomic E-state index is -0.103. The van der Waals surface area contributed by atoms with Crippen molar-refractivity contribution in [2.75, 3.05) is 32.8 Å². The van der Waals surface area contributed by atoms with Gasteiger partial charge >= 0.3 is 0 Å². The van der Waals surface area contributed by atoms with Crippen LogP contribution in [-0.4, -0.2) is 43.6 Å². The van der Waals surface area contributed by atoms with Gasteiger partial charge in [-0.3, -0.25) is 4.79 Å². The Labute approximate surface area is 188 Å². The van der Waals surface area contributed by atoms with Gasteiger partial charge in [0.05, 0.1) is 29.9 Å². The summed E-state index contributed by atoms with van der Waals surface area (Å²) in [6.07, 6.45) is 1.93. The summed E-state index contributed by atoms with van der Waals surface area (Å²) in [6.45, 7) is 4.37. The average molecular weight is 437 g/mol. The van der Waals surface area contributed by atoms with E-state index in [-0.39, 0.29) is 18.3 Å². The molecule has 1 fully saturated rings. The van der Waals surface area contributed by atoms with Crippen molar-refractivity contribution >= 4 is 18.3 Å². The van der Waals surface area contributed by atoms with Gasteiger partial charge in [-0.25, -0.2) is 0 Å². The predicted molar refractivity (Wildman–Crippen MR) is 119 cm³/mol. The van der Waals surface area contributed by atoms with Crippen molar-refractivity contribution in [2.24, 2.45) is 5.92 Å². The second-order valence-electron chi connectivity index (χ2n) is 7.95. The molecule has 0 bridgehead atoms. The normalized spacial score (nSPS) is 19.0. The minimum Gasteiger partial charge on any atom is -0.493 e. The third-order valence-electron chi connectivity index (χ3n) is 5.97. The first-order chi connectivity index (χ1) is 14.7. The molecule has 0 radical (unpaired) electrons. The van der Waals surface area contributed by atoms with Crippen LogP contribution in [0.3, 0.4) is 0 Å². The van der Waals surface area contributed by atoms with Crippen LogP contribution in [0.15, 0.2) is 42.5 Å². The molecule has 160 valence electrons. The van der Waals surface area contributed by atoms with Gasteiger partial charge in [0.1, 0.15) is 5.75 Å². The molecule has 2 aliphatic heterocycles. The zero-order chi connectivity index (χ0) is 20.9. The lowest BCUT2D eigenvalue weighted by molar-refractivity contribution is 0.0952. The average Bonchev–Trinajstić information content (AvgIpc) is 3.22. The topological polar surface area (TPSA) is 89.2 Å². The molecule has 7 heteroatoms. The van der Waals surface area contributed by atoms with Crippen molar-refractivity contribution in [3.05, 3.63) is 64.7 Å². The second kappa shape index (κ2) is 10.3. The Kier molecular flexibility index (Phi) is 7.52. The first-order valence-electron chi connectivity index (χ1n) is 10.4. The number of benzene rings is 2. The van der Waals surface area contributed by atoms with Crippen LogP contribution in [0, 0.1) is 28.6 Å². The maximum absolute atomic E-state index is 12.2. The summed E-state index contributed by atoms with van der Waals surface area (Å²) in [6, 6.07) is 16.7. The van der Waals surface area contributed by atoms with Crippen molar-refractivity contribution in [1.82, 2.24) is 10.2 Å². The van der Waals surface area contributed by atoms with Crippen LogP contribution in [-0.2, 0) is 0 Å². The summed E-state index contributed by atoms with van der Waals surface area (Å²) in [5.74, 6) is 1.72. The monoisotopic (exact) mass is 436 g/mol. The van der Waals surface area contributed by atoms with Crippen molar-refractivity contribution < 1.29 is 9.53 Å². The van der Waals surface area contributed by atoms with Crippen molar-refractivity contribution in [3.63, 3.8) is 0 Å². The van der Waals surface area contributed by atoms with Crippen LogP contribution in [0.1, 0.15) is 45.8 Å². The summed E-state index contributed by atoms with van der Waals surface area (Å²) < 4.78 is 5.91. The molecule has 1 N–H and O–H groups in total. The van der Waals surface area contributed by atoms with Gasteiger partial charge in [-0.05, 0) is 61.9 Å². The van der Waals surface area contributed by atoms with Gasteiger partial charge in [0.15, 0.2) is 0 Å². The second-order valence-corrected chi connectivity index (χ2v) is 7.95. The van der Waals surface area contributed by atoms with Crippen LogP contribution in [0.25, 0.3) is 0 Å². The maximum atomic E-state index is 12.2. The number of nitriles is 2. The number of likely N-dealkylation sites (tertiary alicyclic amines) is 1. The maximum Gasteiger partial charge on any atom is 0.251 e. The number of carbonyl (C=O) groups excluding carboxylic acids is 1. The number of carbonyl (C=O) groups is 1. The first-order valence-corrected chi connectivity index (χ1v) is 10.4. The van der Waals surface area contributed by atoms with E-state index in [1.54, 1.807) is 24.3 Å². The lowest BCUT2D eigenvalue weighted by Gasteiger charge is -2.27. The highest BCUT2D eigenvalue weighted by Crippen LogP contribution is 2.41. The standard InChI is InChI=1S/C24H24N4O2.ClH/c25-12-17-3-6-19(7-4-17)24(29)27-9-1-2-10-28-14-20-16-30-23-8-5-18(13-26)11-21(23)22(20)15-28;/h3-8,11,20,22H,1-2,9-10,14-16H2,(H,27,29);1H. The molecule has 2 unspecified atom stereocenters. The van der Waals surface area contributed by atoms with Gasteiger partial charge in [-0.15, -0.1) is 12.4 Å². The number of rotatable bonds is 6. The number of unbranched alkanes of at least 4 members (excludes halogenated alkanes) is 1. The molecule has 4 rings (SSSR count). The van der Waals surface area contributed by atoms with Crippen molar-refractivity contribution in [2.45, 2.75) is 18.8 Å². The molecule has 0 saturated carbocycles. The van der Waals surface area contributed by atoms with E-state index < -0.39 is 0 Å². The largest absolute Gasteiger partial charge is 0.493 e. The third kappa shape index (κ3) is 5.17. The van der Waals surface area contributed by atoms with Gasteiger partial charge in [-0.1, -0.05) is 0 Å². The van der Waals surface area contributed by atoms with Crippen LogP contribution in [0.2, 0.25) is 0 Å². The van der Waals surface area contributed by atoms with E-state index in [2.05, 4.69) is 22.4 Å². The van der Waals surface area contributed by atoms with Crippen LogP contribution in [0.4, 0.5) is 0 Å². The highest BCUT2D eigenvalue weighted by Gasteiger charge is 2.38. The Morgan fingerprint density at radius 3 is 2.55 bits per heavy atom. The lowest BCUT2D eigenvalue weighted by Crippen LogP contribution is -2.27. The third-order valence-corrected chi connectivity index (χ3v) is 5.97. The summed E-state index contributed by atoms with van der Waals surface area (Å²) in [4.78, 5) is 14.6. The predicted octanol–water partition coefficient (Wildman–Crippen LogP) is 3.47. The van der Waals surface area contributed by atoms with E-state index in [0.717, 1.165) is 44.8 Å².